The van der Waals surface area contributed by atoms with Gasteiger partial charge in [0.1, 0.15) is 11.7 Å². The van der Waals surface area contributed by atoms with E-state index >= 15 is 0 Å². The van der Waals surface area contributed by atoms with Crippen LogP contribution in [0.4, 0.5) is 21.9 Å². The maximum Gasteiger partial charge on any atom is 0.407 e. The molecule has 10 nitrogen and oxygen atoms in total. The molecule has 2 amide bonds. The molecule has 218 valence electrons. The van der Waals surface area contributed by atoms with E-state index in [1.54, 1.807) is 6.20 Å². The maximum absolute atomic E-state index is 12.6. The quantitative estimate of drug-likeness (QED) is 0.523. The number of nitrogens with one attached hydrogen (secondary N) is 2. The van der Waals surface area contributed by atoms with Gasteiger partial charge < -0.3 is 29.9 Å². The molecule has 3 heterocycles. The third-order valence-electron chi connectivity index (χ3n) is 6.01. The molecule has 0 bridgehead atoms. The molecule has 0 unspecified atom stereocenters. The second-order valence-corrected chi connectivity index (χ2v) is 10.1. The van der Waals surface area contributed by atoms with Gasteiger partial charge in [0.2, 0.25) is 0 Å². The molecule has 2 aliphatic heterocycles. The lowest BCUT2D eigenvalue weighted by Crippen LogP contribution is -2.40. The third-order valence-corrected chi connectivity index (χ3v) is 6.01. The summed E-state index contributed by atoms with van der Waals surface area (Å²) in [5, 5.41) is 15.1. The van der Waals surface area contributed by atoms with E-state index in [2.05, 4.69) is 26.6 Å². The van der Waals surface area contributed by atoms with Crippen molar-refractivity contribution in [1.29, 1.82) is 5.26 Å². The molecule has 2 N–H and O–H groups in total. The molecule has 0 radical (unpaired) electrons. The van der Waals surface area contributed by atoms with Crippen LogP contribution in [-0.2, 0) is 9.47 Å². The van der Waals surface area contributed by atoms with Crippen molar-refractivity contribution in [2.24, 2.45) is 0 Å². The number of piperidine rings is 1. The van der Waals surface area contributed by atoms with E-state index in [0.717, 1.165) is 24.5 Å². The van der Waals surface area contributed by atoms with Gasteiger partial charge in [-0.1, -0.05) is 13.8 Å². The van der Waals surface area contributed by atoms with Crippen LogP contribution in [0.2, 0.25) is 0 Å². The van der Waals surface area contributed by atoms with Crippen LogP contribution in [0.5, 0.6) is 0 Å². The molecule has 1 aromatic carbocycles. The van der Waals surface area contributed by atoms with Gasteiger partial charge in [-0.15, -0.1) is 0 Å². The predicted molar refractivity (Wildman–Crippen MR) is 158 cm³/mol. The molecule has 0 aliphatic carbocycles. The topological polar surface area (TPSA) is 120 Å². The first-order chi connectivity index (χ1) is 19.2. The molecule has 0 saturated carbocycles. The number of rotatable bonds is 4. The van der Waals surface area contributed by atoms with Crippen LogP contribution in [0.3, 0.4) is 0 Å². The minimum atomic E-state index is -0.389. The van der Waals surface area contributed by atoms with Crippen molar-refractivity contribution < 1.29 is 19.1 Å². The van der Waals surface area contributed by atoms with Crippen LogP contribution in [-0.4, -0.2) is 73.9 Å². The number of hydrogen-bond donors (Lipinski definition) is 2. The molecule has 0 spiro atoms. The summed E-state index contributed by atoms with van der Waals surface area (Å²) in [6, 6.07) is 11.5. The Kier molecular flexibility index (Phi) is 13.2. The van der Waals surface area contributed by atoms with Gasteiger partial charge >= 0.3 is 6.09 Å². The number of morpholine rings is 1. The van der Waals surface area contributed by atoms with Gasteiger partial charge in [0.25, 0.3) is 5.91 Å². The zero-order valence-electron chi connectivity index (χ0n) is 24.7. The second-order valence-electron chi connectivity index (χ2n) is 10.1. The lowest BCUT2D eigenvalue weighted by Gasteiger charge is -2.29. The number of alkyl carbamates (subject to hydrolysis) is 1. The lowest BCUT2D eigenvalue weighted by molar-refractivity contribution is 0.0303. The van der Waals surface area contributed by atoms with Crippen molar-refractivity contribution in [3.8, 4) is 6.07 Å². The Balaban J connectivity index is 0.000000436. The standard InChI is InChI=1S/C22H25N5O2.C6H13NO2.C2H6/c23-15-21-20(14-19(16-24-21)26-8-2-1-3-9-26)25-18-6-4-17(5-7-18)22(28)27-10-12-29-13-11-27;1-6(2,3)9-5(8)7-4;1-2/h4-7,14,16,25H,1-3,8-13H2;1-4H3,(H,7,8);1-2H3. The van der Waals surface area contributed by atoms with Gasteiger partial charge in [0.15, 0.2) is 5.69 Å². The number of nitrogens with zero attached hydrogens (tertiary/aromatic N) is 4. The molecule has 1 aromatic heterocycles. The van der Waals surface area contributed by atoms with Crippen molar-refractivity contribution in [2.45, 2.75) is 59.5 Å². The van der Waals surface area contributed by atoms with Crippen LogP contribution in [0.15, 0.2) is 36.5 Å². The van der Waals surface area contributed by atoms with Gasteiger partial charge in [-0.25, -0.2) is 9.78 Å². The third kappa shape index (κ3) is 10.4. The van der Waals surface area contributed by atoms with E-state index in [9.17, 15) is 14.9 Å². The normalized spacial score (nSPS) is 14.8. The highest BCUT2D eigenvalue weighted by Crippen LogP contribution is 2.27. The number of anilines is 3. The van der Waals surface area contributed by atoms with Crippen LogP contribution in [0, 0.1) is 11.3 Å². The Morgan fingerprint density at radius 2 is 1.65 bits per heavy atom. The summed E-state index contributed by atoms with van der Waals surface area (Å²) < 4.78 is 10.1. The van der Waals surface area contributed by atoms with Crippen LogP contribution >= 0.6 is 0 Å². The number of amides is 2. The number of pyridine rings is 1. The number of nitriles is 1. The maximum atomic E-state index is 12.6. The second kappa shape index (κ2) is 16.3. The van der Waals surface area contributed by atoms with Crippen molar-refractivity contribution >= 4 is 29.1 Å². The molecule has 10 heteroatoms. The Hall–Kier alpha value is -3.84. The molecule has 4 rings (SSSR count). The average molecular weight is 553 g/mol. The predicted octanol–water partition coefficient (Wildman–Crippen LogP) is 5.33. The van der Waals surface area contributed by atoms with Crippen LogP contribution < -0.4 is 15.5 Å². The van der Waals surface area contributed by atoms with Crippen LogP contribution in [0.1, 0.15) is 69.9 Å². The number of carbonyl (C=O) groups is 2. The molecular weight excluding hydrogens is 508 g/mol. The van der Waals surface area contributed by atoms with E-state index in [1.165, 1.54) is 26.3 Å². The van der Waals surface area contributed by atoms with Gasteiger partial charge in [0.05, 0.1) is 30.8 Å². The Bertz CT molecular complexity index is 1110. The lowest BCUT2D eigenvalue weighted by atomic mass is 10.1. The molecule has 2 saturated heterocycles. The Morgan fingerprint density at radius 1 is 1.02 bits per heavy atom. The minimum absolute atomic E-state index is 0.0197. The highest BCUT2D eigenvalue weighted by Gasteiger charge is 2.19. The molecule has 0 atom stereocenters. The molecule has 2 aliphatic rings. The minimum Gasteiger partial charge on any atom is -0.444 e. The highest BCUT2D eigenvalue weighted by molar-refractivity contribution is 5.94. The number of hydrogen-bond acceptors (Lipinski definition) is 8. The van der Waals surface area contributed by atoms with Crippen molar-refractivity contribution in [2.75, 3.05) is 56.7 Å². The zero-order valence-corrected chi connectivity index (χ0v) is 24.7. The van der Waals surface area contributed by atoms with Crippen molar-refractivity contribution in [1.82, 2.24) is 15.2 Å². The SMILES string of the molecule is CC.CNC(=O)OC(C)(C)C.N#Cc1ncc(N2CCCCC2)cc1Nc1ccc(C(=O)N2CCOCC2)cc1. The number of benzene rings is 1. The van der Waals surface area contributed by atoms with E-state index in [1.807, 2.05) is 69.9 Å². The average Bonchev–Trinajstić information content (AvgIpc) is 2.98. The van der Waals surface area contributed by atoms with Gasteiger partial charge in [0, 0.05) is 44.5 Å². The fourth-order valence-electron chi connectivity index (χ4n) is 4.09. The van der Waals surface area contributed by atoms with Crippen LogP contribution in [0.25, 0.3) is 0 Å². The monoisotopic (exact) mass is 552 g/mol. The highest BCUT2D eigenvalue weighted by atomic mass is 16.6. The smallest absolute Gasteiger partial charge is 0.407 e. The van der Waals surface area contributed by atoms with Crippen molar-refractivity contribution in [3.63, 3.8) is 0 Å². The van der Waals surface area contributed by atoms with E-state index in [-0.39, 0.29) is 17.6 Å². The first kappa shape index (κ1) is 32.4. The van der Waals surface area contributed by atoms with E-state index in [4.69, 9.17) is 9.47 Å². The summed E-state index contributed by atoms with van der Waals surface area (Å²) in [6.07, 6.45) is 5.02. The largest absolute Gasteiger partial charge is 0.444 e. The molecule has 2 aromatic rings. The summed E-state index contributed by atoms with van der Waals surface area (Å²) >= 11 is 0. The van der Waals surface area contributed by atoms with Crippen molar-refractivity contribution in [3.05, 3.63) is 47.8 Å². The van der Waals surface area contributed by atoms with Gasteiger partial charge in [-0.3, -0.25) is 4.79 Å². The number of ether oxygens (including phenoxy) is 2. The first-order valence-corrected chi connectivity index (χ1v) is 14.0. The molecule has 40 heavy (non-hydrogen) atoms. The fraction of sp³-hybridized carbons (Fsp3) is 0.533. The summed E-state index contributed by atoms with van der Waals surface area (Å²) in [7, 11) is 1.54. The van der Waals surface area contributed by atoms with E-state index in [0.29, 0.717) is 43.2 Å². The summed E-state index contributed by atoms with van der Waals surface area (Å²) in [6.45, 7) is 13.9. The Morgan fingerprint density at radius 3 is 2.17 bits per heavy atom. The fourth-order valence-corrected chi connectivity index (χ4v) is 4.09. The summed E-state index contributed by atoms with van der Waals surface area (Å²) in [4.78, 5) is 31.5. The molecule has 2 fully saturated rings. The number of carbonyl (C=O) groups excluding carboxylic acids is 2. The summed E-state index contributed by atoms with van der Waals surface area (Å²) in [5.41, 5.74) is 3.16. The first-order valence-electron chi connectivity index (χ1n) is 14.0. The number of aromatic nitrogens is 1. The van der Waals surface area contributed by atoms with Gasteiger partial charge in [-0.2, -0.15) is 5.26 Å². The molecular formula is C30H44N6O4. The summed E-state index contributed by atoms with van der Waals surface area (Å²) in [5.74, 6) is 0.0197. The van der Waals surface area contributed by atoms with E-state index < -0.39 is 0 Å². The Labute approximate surface area is 238 Å². The zero-order chi connectivity index (χ0) is 29.5. The van der Waals surface area contributed by atoms with Gasteiger partial charge in [-0.05, 0) is 70.4 Å².